The molecule has 0 aliphatic carbocycles. The summed E-state index contributed by atoms with van der Waals surface area (Å²) in [5, 5.41) is 6.15. The van der Waals surface area contributed by atoms with Crippen LogP contribution in [-0.4, -0.2) is 17.6 Å². The normalized spacial score (nSPS) is 10.4. The highest BCUT2D eigenvalue weighted by Crippen LogP contribution is 2.24. The van der Waals surface area contributed by atoms with Crippen molar-refractivity contribution in [3.8, 4) is 5.75 Å². The van der Waals surface area contributed by atoms with Gasteiger partial charge in [-0.25, -0.2) is 0 Å². The molecule has 4 nitrogen and oxygen atoms in total. The molecule has 27 heavy (non-hydrogen) atoms. The van der Waals surface area contributed by atoms with Gasteiger partial charge >= 0.3 is 0 Å². The quantitative estimate of drug-likeness (QED) is 0.440. The molecule has 0 bridgehead atoms. The number of rotatable bonds is 6. The molecular weight excluding hydrogens is 424 g/mol. The molecular formula is C21H25BrN2O2S. The third-order valence-corrected chi connectivity index (χ3v) is 4.78. The maximum atomic E-state index is 12.7. The van der Waals surface area contributed by atoms with Crippen molar-refractivity contribution in [1.82, 2.24) is 5.32 Å². The van der Waals surface area contributed by atoms with Gasteiger partial charge in [0.15, 0.2) is 5.11 Å². The zero-order valence-corrected chi connectivity index (χ0v) is 18.5. The molecule has 0 radical (unpaired) electrons. The molecule has 2 N–H and O–H groups in total. The van der Waals surface area contributed by atoms with Crippen molar-refractivity contribution in [1.29, 1.82) is 0 Å². The number of thiocarbonyl (C=S) groups is 1. The molecule has 0 unspecified atom stereocenters. The summed E-state index contributed by atoms with van der Waals surface area (Å²) < 4.78 is 6.56. The molecule has 0 fully saturated rings. The highest BCUT2D eigenvalue weighted by molar-refractivity contribution is 9.10. The van der Waals surface area contributed by atoms with Crippen LogP contribution in [0.4, 0.5) is 5.69 Å². The van der Waals surface area contributed by atoms with Crippen LogP contribution in [-0.2, 0) is 0 Å². The largest absolute Gasteiger partial charge is 0.493 e. The molecule has 6 heteroatoms. The Hall–Kier alpha value is -1.92. The van der Waals surface area contributed by atoms with E-state index in [9.17, 15) is 4.79 Å². The minimum absolute atomic E-state index is 0.259. The van der Waals surface area contributed by atoms with E-state index < -0.39 is 0 Å². The summed E-state index contributed by atoms with van der Waals surface area (Å²) in [6.45, 7) is 8.75. The van der Waals surface area contributed by atoms with Crippen LogP contribution in [0.25, 0.3) is 0 Å². The second-order valence-electron chi connectivity index (χ2n) is 6.52. The van der Waals surface area contributed by atoms with E-state index in [0.717, 1.165) is 34.1 Å². The van der Waals surface area contributed by atoms with Crippen LogP contribution in [0.2, 0.25) is 0 Å². The number of ether oxygens (including phenoxy) is 1. The molecule has 0 saturated carbocycles. The SMILES string of the molecule is CCCCOc1ccc(Br)cc1C(=O)NC(=S)Nc1c(C)cc(C)cc1C. The topological polar surface area (TPSA) is 50.4 Å². The van der Waals surface area contributed by atoms with E-state index in [1.807, 2.05) is 19.9 Å². The van der Waals surface area contributed by atoms with Gasteiger partial charge in [-0.3, -0.25) is 10.1 Å². The zero-order chi connectivity index (χ0) is 20.0. The lowest BCUT2D eigenvalue weighted by atomic mass is 10.1. The van der Waals surface area contributed by atoms with Crippen LogP contribution in [0.3, 0.4) is 0 Å². The van der Waals surface area contributed by atoms with Gasteiger partial charge in [-0.15, -0.1) is 0 Å². The van der Waals surface area contributed by atoms with E-state index in [1.54, 1.807) is 12.1 Å². The Kier molecular flexibility index (Phi) is 7.80. The molecule has 2 rings (SSSR count). The fraction of sp³-hybridized carbons (Fsp3) is 0.333. The van der Waals surface area contributed by atoms with E-state index in [2.05, 4.69) is 52.5 Å². The lowest BCUT2D eigenvalue weighted by Crippen LogP contribution is -2.34. The molecule has 0 spiro atoms. The van der Waals surface area contributed by atoms with Gasteiger partial charge in [0.1, 0.15) is 5.75 Å². The Morgan fingerprint density at radius 2 is 1.81 bits per heavy atom. The Morgan fingerprint density at radius 3 is 2.44 bits per heavy atom. The predicted octanol–water partition coefficient (Wildman–Crippen LogP) is 5.68. The van der Waals surface area contributed by atoms with E-state index in [4.69, 9.17) is 17.0 Å². The van der Waals surface area contributed by atoms with Crippen molar-refractivity contribution >= 4 is 44.9 Å². The number of amides is 1. The smallest absolute Gasteiger partial charge is 0.261 e. The summed E-state index contributed by atoms with van der Waals surface area (Å²) in [5.74, 6) is 0.248. The summed E-state index contributed by atoms with van der Waals surface area (Å²) >= 11 is 8.76. The average molecular weight is 449 g/mol. The van der Waals surface area contributed by atoms with Gasteiger partial charge in [0.05, 0.1) is 12.2 Å². The number of carbonyl (C=O) groups excluding carboxylic acids is 1. The number of anilines is 1. The molecule has 0 aromatic heterocycles. The zero-order valence-electron chi connectivity index (χ0n) is 16.1. The first-order valence-corrected chi connectivity index (χ1v) is 10.1. The summed E-state index contributed by atoms with van der Waals surface area (Å²) in [7, 11) is 0. The Morgan fingerprint density at radius 1 is 1.15 bits per heavy atom. The molecule has 0 aliphatic heterocycles. The van der Waals surface area contributed by atoms with E-state index >= 15 is 0 Å². The number of nitrogens with one attached hydrogen (secondary N) is 2. The van der Waals surface area contributed by atoms with Crippen molar-refractivity contribution in [2.75, 3.05) is 11.9 Å². The molecule has 1 amide bonds. The van der Waals surface area contributed by atoms with Gasteiger partial charge in [-0.05, 0) is 68.7 Å². The van der Waals surface area contributed by atoms with Gasteiger partial charge in [0.2, 0.25) is 0 Å². The maximum absolute atomic E-state index is 12.7. The number of halogens is 1. The number of unbranched alkanes of at least 4 members (excludes halogenated alkanes) is 1. The molecule has 2 aromatic rings. The first-order valence-electron chi connectivity index (χ1n) is 8.94. The Balaban J connectivity index is 2.13. The second kappa shape index (κ2) is 9.85. The molecule has 0 saturated heterocycles. The van der Waals surface area contributed by atoms with Gasteiger partial charge < -0.3 is 10.1 Å². The number of hydrogen-bond donors (Lipinski definition) is 2. The first-order chi connectivity index (χ1) is 12.8. The lowest BCUT2D eigenvalue weighted by molar-refractivity contribution is 0.0973. The van der Waals surface area contributed by atoms with Crippen molar-refractivity contribution in [2.24, 2.45) is 0 Å². The molecule has 2 aromatic carbocycles. The average Bonchev–Trinajstić information content (AvgIpc) is 2.59. The highest BCUT2D eigenvalue weighted by atomic mass is 79.9. The van der Waals surface area contributed by atoms with E-state index in [-0.39, 0.29) is 11.0 Å². The third-order valence-electron chi connectivity index (χ3n) is 4.08. The first kappa shape index (κ1) is 21.4. The fourth-order valence-electron chi connectivity index (χ4n) is 2.82. The monoisotopic (exact) mass is 448 g/mol. The van der Waals surface area contributed by atoms with Crippen molar-refractivity contribution in [2.45, 2.75) is 40.5 Å². The van der Waals surface area contributed by atoms with Crippen LogP contribution in [0.1, 0.15) is 46.8 Å². The Bertz CT molecular complexity index is 829. The molecule has 0 atom stereocenters. The number of benzene rings is 2. The number of aryl methyl sites for hydroxylation is 3. The summed E-state index contributed by atoms with van der Waals surface area (Å²) in [6.07, 6.45) is 1.96. The maximum Gasteiger partial charge on any atom is 0.261 e. The molecule has 0 heterocycles. The standard InChI is InChI=1S/C21H25BrN2O2S/c1-5-6-9-26-18-8-7-16(22)12-17(18)20(25)24-21(27)23-19-14(3)10-13(2)11-15(19)4/h7-8,10-12H,5-6,9H2,1-4H3,(H2,23,24,25,27). The summed E-state index contributed by atoms with van der Waals surface area (Å²) in [4.78, 5) is 12.7. The molecule has 0 aliphatic rings. The van der Waals surface area contributed by atoms with E-state index in [1.165, 1.54) is 5.56 Å². The summed E-state index contributed by atoms with van der Waals surface area (Å²) in [5.41, 5.74) is 4.71. The van der Waals surface area contributed by atoms with Crippen LogP contribution >= 0.6 is 28.1 Å². The minimum atomic E-state index is -0.303. The van der Waals surface area contributed by atoms with Crippen molar-refractivity contribution < 1.29 is 9.53 Å². The van der Waals surface area contributed by atoms with Gasteiger partial charge in [-0.2, -0.15) is 0 Å². The van der Waals surface area contributed by atoms with Gasteiger partial charge in [0.25, 0.3) is 5.91 Å². The van der Waals surface area contributed by atoms with Crippen LogP contribution in [0.5, 0.6) is 5.75 Å². The number of hydrogen-bond acceptors (Lipinski definition) is 3. The van der Waals surface area contributed by atoms with E-state index in [0.29, 0.717) is 17.9 Å². The summed E-state index contributed by atoms with van der Waals surface area (Å²) in [6, 6.07) is 9.54. The number of carbonyl (C=O) groups is 1. The minimum Gasteiger partial charge on any atom is -0.493 e. The van der Waals surface area contributed by atoms with Crippen molar-refractivity contribution in [3.63, 3.8) is 0 Å². The highest BCUT2D eigenvalue weighted by Gasteiger charge is 2.16. The predicted molar refractivity (Wildman–Crippen MR) is 119 cm³/mol. The fourth-order valence-corrected chi connectivity index (χ4v) is 3.38. The van der Waals surface area contributed by atoms with Crippen LogP contribution in [0, 0.1) is 20.8 Å². The third kappa shape index (κ3) is 6.04. The van der Waals surface area contributed by atoms with Crippen molar-refractivity contribution in [3.05, 3.63) is 57.1 Å². The van der Waals surface area contributed by atoms with Gasteiger partial charge in [0, 0.05) is 10.2 Å². The molecule has 144 valence electrons. The van der Waals surface area contributed by atoms with Crippen LogP contribution in [0.15, 0.2) is 34.8 Å². The van der Waals surface area contributed by atoms with Gasteiger partial charge in [-0.1, -0.05) is 47.0 Å². The second-order valence-corrected chi connectivity index (χ2v) is 7.85. The van der Waals surface area contributed by atoms with Crippen LogP contribution < -0.4 is 15.4 Å². The Labute approximate surface area is 174 Å². The lowest BCUT2D eigenvalue weighted by Gasteiger charge is -2.16.